The van der Waals surface area contributed by atoms with Crippen molar-refractivity contribution in [3.8, 4) is 0 Å². The van der Waals surface area contributed by atoms with E-state index in [9.17, 15) is 4.79 Å². The van der Waals surface area contributed by atoms with Crippen LogP contribution >= 0.6 is 0 Å². The van der Waals surface area contributed by atoms with Gasteiger partial charge in [0.1, 0.15) is 0 Å². The number of nitrogens with one attached hydrogen (secondary N) is 1. The van der Waals surface area contributed by atoms with Crippen molar-refractivity contribution < 1.29 is 9.90 Å². The summed E-state index contributed by atoms with van der Waals surface area (Å²) in [6, 6.07) is -0.0459. The van der Waals surface area contributed by atoms with Crippen LogP contribution in [0.5, 0.6) is 0 Å². The Kier molecular flexibility index (Phi) is 6.47. The number of carbonyl (C=O) groups is 1. The first-order valence-electron chi connectivity index (χ1n) is 4.32. The molecular formula is C8H18N2O2. The largest absolute Gasteiger partial charge is 0.396 e. The van der Waals surface area contributed by atoms with Gasteiger partial charge < -0.3 is 15.3 Å². The molecule has 0 aliphatic carbocycles. The number of carbonyl (C=O) groups excluding carboxylic acids is 1. The minimum absolute atomic E-state index is 0.0459. The Morgan fingerprint density at radius 2 is 2.17 bits per heavy atom. The lowest BCUT2D eigenvalue weighted by Gasteiger charge is -2.14. The molecule has 4 heteroatoms. The molecule has 2 amide bonds. The van der Waals surface area contributed by atoms with Crippen molar-refractivity contribution in [1.29, 1.82) is 0 Å². The Morgan fingerprint density at radius 3 is 2.67 bits per heavy atom. The van der Waals surface area contributed by atoms with Gasteiger partial charge in [-0.05, 0) is 19.8 Å². The zero-order valence-electron chi connectivity index (χ0n) is 7.84. The third kappa shape index (κ3) is 4.96. The summed E-state index contributed by atoms with van der Waals surface area (Å²) < 4.78 is 0. The number of unbranched alkanes of at least 4 members (excludes halogenated alkanes) is 1. The van der Waals surface area contributed by atoms with E-state index < -0.39 is 0 Å². The highest BCUT2D eigenvalue weighted by atomic mass is 16.3. The molecule has 0 rings (SSSR count). The van der Waals surface area contributed by atoms with Gasteiger partial charge in [0, 0.05) is 26.7 Å². The van der Waals surface area contributed by atoms with Crippen LogP contribution in [0.3, 0.4) is 0 Å². The van der Waals surface area contributed by atoms with E-state index in [1.54, 1.807) is 11.9 Å². The first kappa shape index (κ1) is 11.2. The molecule has 12 heavy (non-hydrogen) atoms. The van der Waals surface area contributed by atoms with Crippen molar-refractivity contribution in [3.05, 3.63) is 0 Å². The number of urea groups is 1. The van der Waals surface area contributed by atoms with Crippen molar-refractivity contribution in [2.45, 2.75) is 19.8 Å². The molecule has 0 atom stereocenters. The maximum atomic E-state index is 11.1. The summed E-state index contributed by atoms with van der Waals surface area (Å²) in [5.74, 6) is 0. The summed E-state index contributed by atoms with van der Waals surface area (Å²) in [4.78, 5) is 12.7. The van der Waals surface area contributed by atoms with E-state index in [2.05, 4.69) is 5.32 Å². The minimum Gasteiger partial charge on any atom is -0.396 e. The van der Waals surface area contributed by atoms with Gasteiger partial charge in [-0.15, -0.1) is 0 Å². The number of aliphatic hydroxyl groups excluding tert-OH is 1. The van der Waals surface area contributed by atoms with E-state index in [-0.39, 0.29) is 12.6 Å². The lowest BCUT2D eigenvalue weighted by molar-refractivity contribution is 0.210. The molecule has 0 aliphatic heterocycles. The van der Waals surface area contributed by atoms with Crippen molar-refractivity contribution in [2.75, 3.05) is 26.7 Å². The molecule has 0 aromatic carbocycles. The smallest absolute Gasteiger partial charge is 0.317 e. The van der Waals surface area contributed by atoms with Crippen LogP contribution in [0, 0.1) is 0 Å². The fraction of sp³-hybridized carbons (Fsp3) is 0.875. The Bertz CT molecular complexity index is 128. The summed E-state index contributed by atoms with van der Waals surface area (Å²) >= 11 is 0. The molecule has 0 heterocycles. The maximum Gasteiger partial charge on any atom is 0.317 e. The van der Waals surface area contributed by atoms with Crippen LogP contribution in [-0.4, -0.2) is 42.8 Å². The Balaban J connectivity index is 3.31. The van der Waals surface area contributed by atoms with Crippen molar-refractivity contribution in [3.63, 3.8) is 0 Å². The molecule has 0 aromatic heterocycles. The van der Waals surface area contributed by atoms with Gasteiger partial charge >= 0.3 is 6.03 Å². The van der Waals surface area contributed by atoms with Crippen molar-refractivity contribution >= 4 is 6.03 Å². The SMILES string of the molecule is CCN(C)C(=O)NCCCCO. The molecule has 0 unspecified atom stereocenters. The molecule has 0 saturated carbocycles. The predicted molar refractivity (Wildman–Crippen MR) is 48.0 cm³/mol. The van der Waals surface area contributed by atoms with Gasteiger partial charge in [0.05, 0.1) is 0 Å². The lowest BCUT2D eigenvalue weighted by atomic mass is 10.3. The highest BCUT2D eigenvalue weighted by Crippen LogP contribution is 1.86. The van der Waals surface area contributed by atoms with E-state index in [1.165, 1.54) is 0 Å². The summed E-state index contributed by atoms with van der Waals surface area (Å²) in [6.45, 7) is 3.47. The van der Waals surface area contributed by atoms with Crippen molar-refractivity contribution in [1.82, 2.24) is 10.2 Å². The summed E-state index contributed by atoms with van der Waals surface area (Å²) in [5, 5.41) is 11.2. The molecule has 0 radical (unpaired) electrons. The van der Waals surface area contributed by atoms with E-state index in [0.29, 0.717) is 13.1 Å². The molecular weight excluding hydrogens is 156 g/mol. The van der Waals surface area contributed by atoms with Gasteiger partial charge in [-0.25, -0.2) is 4.79 Å². The normalized spacial score (nSPS) is 9.58. The molecule has 0 saturated heterocycles. The maximum absolute atomic E-state index is 11.1. The third-order valence-electron chi connectivity index (χ3n) is 1.68. The van der Waals surface area contributed by atoms with Gasteiger partial charge in [0.2, 0.25) is 0 Å². The molecule has 2 N–H and O–H groups in total. The summed E-state index contributed by atoms with van der Waals surface area (Å²) in [6.07, 6.45) is 1.58. The second-order valence-corrected chi connectivity index (χ2v) is 2.68. The van der Waals surface area contributed by atoms with Gasteiger partial charge in [0.25, 0.3) is 0 Å². The van der Waals surface area contributed by atoms with Gasteiger partial charge in [0.15, 0.2) is 0 Å². The fourth-order valence-corrected chi connectivity index (χ4v) is 0.711. The second-order valence-electron chi connectivity index (χ2n) is 2.68. The average Bonchev–Trinajstić information content (AvgIpc) is 2.10. The molecule has 72 valence electrons. The van der Waals surface area contributed by atoms with Crippen LogP contribution in [0.1, 0.15) is 19.8 Å². The molecule has 0 fully saturated rings. The number of aliphatic hydroxyl groups is 1. The Hall–Kier alpha value is -0.770. The predicted octanol–water partition coefficient (Wildman–Crippen LogP) is 0.420. The van der Waals surface area contributed by atoms with E-state index in [1.807, 2.05) is 6.92 Å². The standard InChI is InChI=1S/C8H18N2O2/c1-3-10(2)8(12)9-6-4-5-7-11/h11H,3-7H2,1-2H3,(H,9,12). The zero-order chi connectivity index (χ0) is 9.40. The van der Waals surface area contributed by atoms with Crippen LogP contribution in [0.4, 0.5) is 4.79 Å². The molecule has 0 spiro atoms. The van der Waals surface area contributed by atoms with Gasteiger partial charge in [-0.2, -0.15) is 0 Å². The van der Waals surface area contributed by atoms with Crippen molar-refractivity contribution in [2.24, 2.45) is 0 Å². The zero-order valence-corrected chi connectivity index (χ0v) is 7.84. The highest BCUT2D eigenvalue weighted by Gasteiger charge is 2.02. The number of hydrogen-bond acceptors (Lipinski definition) is 2. The van der Waals surface area contributed by atoms with E-state index >= 15 is 0 Å². The monoisotopic (exact) mass is 174 g/mol. The number of nitrogens with zero attached hydrogens (tertiary/aromatic N) is 1. The van der Waals surface area contributed by atoms with Gasteiger partial charge in [-0.1, -0.05) is 0 Å². The number of amides is 2. The summed E-state index contributed by atoms with van der Waals surface area (Å²) in [5.41, 5.74) is 0. The Morgan fingerprint density at radius 1 is 1.50 bits per heavy atom. The van der Waals surface area contributed by atoms with Gasteiger partial charge in [-0.3, -0.25) is 0 Å². The van der Waals surface area contributed by atoms with Crippen LogP contribution in [0.25, 0.3) is 0 Å². The van der Waals surface area contributed by atoms with Crippen LogP contribution in [-0.2, 0) is 0 Å². The summed E-state index contributed by atoms with van der Waals surface area (Å²) in [7, 11) is 1.75. The van der Waals surface area contributed by atoms with Crippen LogP contribution < -0.4 is 5.32 Å². The lowest BCUT2D eigenvalue weighted by Crippen LogP contribution is -2.37. The van der Waals surface area contributed by atoms with Crippen LogP contribution in [0.15, 0.2) is 0 Å². The topological polar surface area (TPSA) is 52.6 Å². The quantitative estimate of drug-likeness (QED) is 0.593. The Labute approximate surface area is 73.6 Å². The number of rotatable bonds is 5. The third-order valence-corrected chi connectivity index (χ3v) is 1.68. The minimum atomic E-state index is -0.0459. The second kappa shape index (κ2) is 6.91. The van der Waals surface area contributed by atoms with Crippen LogP contribution in [0.2, 0.25) is 0 Å². The average molecular weight is 174 g/mol. The molecule has 4 nitrogen and oxygen atoms in total. The highest BCUT2D eigenvalue weighted by molar-refractivity contribution is 5.73. The molecule has 0 aromatic rings. The molecule has 0 bridgehead atoms. The first-order chi connectivity index (χ1) is 5.72. The first-order valence-corrected chi connectivity index (χ1v) is 4.32. The fourth-order valence-electron chi connectivity index (χ4n) is 0.711. The van der Waals surface area contributed by atoms with E-state index in [4.69, 9.17) is 5.11 Å². The number of hydrogen-bond donors (Lipinski definition) is 2. The van der Waals surface area contributed by atoms with E-state index in [0.717, 1.165) is 12.8 Å². The molecule has 0 aliphatic rings.